The number of nitrogens with one attached hydrogen (secondary N) is 1. The molecule has 2 aromatic carbocycles. The summed E-state index contributed by atoms with van der Waals surface area (Å²) in [7, 11) is 0. The van der Waals surface area contributed by atoms with Gasteiger partial charge in [-0.3, -0.25) is 0 Å². The van der Waals surface area contributed by atoms with Gasteiger partial charge in [0.15, 0.2) is 0 Å². The smallest absolute Gasteiger partial charge is 0.140 e. The molecule has 1 N–H and O–H groups in total. The van der Waals surface area contributed by atoms with E-state index in [-0.39, 0.29) is 0 Å². The van der Waals surface area contributed by atoms with Crippen LogP contribution < -0.4 is 10.2 Å². The topological polar surface area (TPSA) is 46.5 Å². The third-order valence-electron chi connectivity index (χ3n) is 3.90. The average molecular weight is 323 g/mol. The molecule has 1 aliphatic heterocycles. The number of hydrogen-bond acceptors (Lipinski definition) is 5. The van der Waals surface area contributed by atoms with Crippen molar-refractivity contribution in [3.05, 3.63) is 58.6 Å². The molecule has 4 nitrogen and oxygen atoms in total. The summed E-state index contributed by atoms with van der Waals surface area (Å²) >= 11 is 1.68. The lowest BCUT2D eigenvalue weighted by atomic mass is 10.0. The van der Waals surface area contributed by atoms with Gasteiger partial charge in [-0.1, -0.05) is 12.1 Å². The molecule has 0 fully saturated rings. The van der Waals surface area contributed by atoms with Crippen LogP contribution in [0.15, 0.2) is 47.6 Å². The molecular formula is C18H17N3OS. The minimum atomic E-state index is 0.501. The fourth-order valence-corrected chi connectivity index (χ4v) is 3.63. The lowest BCUT2D eigenvalue weighted by Gasteiger charge is -2.09. The van der Waals surface area contributed by atoms with Gasteiger partial charge < -0.3 is 10.2 Å². The molecule has 0 unspecified atom stereocenters. The van der Waals surface area contributed by atoms with Gasteiger partial charge in [-0.25, -0.2) is 4.98 Å². The number of hydrogen-bond donors (Lipinski definition) is 1. The Balaban J connectivity index is 1.49. The van der Waals surface area contributed by atoms with Crippen LogP contribution in [0.1, 0.15) is 22.6 Å². The van der Waals surface area contributed by atoms with Crippen molar-refractivity contribution in [2.24, 2.45) is 5.10 Å². The van der Waals surface area contributed by atoms with Crippen LogP contribution >= 0.6 is 11.3 Å². The van der Waals surface area contributed by atoms with E-state index in [0.717, 1.165) is 35.0 Å². The number of aromatic nitrogens is 1. The first-order valence-corrected chi connectivity index (χ1v) is 8.49. The van der Waals surface area contributed by atoms with Crippen LogP contribution in [-0.2, 0) is 6.61 Å². The molecule has 23 heavy (non-hydrogen) atoms. The van der Waals surface area contributed by atoms with Crippen LogP contribution in [0.2, 0.25) is 0 Å². The molecule has 0 saturated carbocycles. The largest absolute Gasteiger partial charge is 0.486 e. The Morgan fingerprint density at radius 1 is 1.22 bits per heavy atom. The van der Waals surface area contributed by atoms with E-state index in [0.29, 0.717) is 6.61 Å². The zero-order valence-electron chi connectivity index (χ0n) is 12.9. The Kier molecular flexibility index (Phi) is 3.71. The minimum Gasteiger partial charge on any atom is -0.486 e. The second kappa shape index (κ2) is 6.01. The summed E-state index contributed by atoms with van der Waals surface area (Å²) in [6.07, 6.45) is 0.979. The monoisotopic (exact) mass is 323 g/mol. The normalized spacial score (nSPS) is 13.9. The van der Waals surface area contributed by atoms with E-state index in [2.05, 4.69) is 40.6 Å². The fraction of sp³-hybridized carbons (Fsp3) is 0.222. The zero-order chi connectivity index (χ0) is 15.6. The van der Waals surface area contributed by atoms with E-state index in [9.17, 15) is 0 Å². The van der Waals surface area contributed by atoms with Gasteiger partial charge in [0.05, 0.1) is 15.9 Å². The van der Waals surface area contributed by atoms with E-state index in [1.165, 1.54) is 15.8 Å². The Morgan fingerprint density at radius 2 is 2.13 bits per heavy atom. The average Bonchev–Trinajstić information content (AvgIpc) is 3.22. The molecule has 5 heteroatoms. The van der Waals surface area contributed by atoms with Crippen LogP contribution in [0.4, 0.5) is 0 Å². The quantitative estimate of drug-likeness (QED) is 0.792. The van der Waals surface area contributed by atoms with Crippen LogP contribution in [0.3, 0.4) is 0 Å². The van der Waals surface area contributed by atoms with Gasteiger partial charge in [0.25, 0.3) is 0 Å². The first-order valence-electron chi connectivity index (χ1n) is 7.67. The summed E-state index contributed by atoms with van der Waals surface area (Å²) in [4.78, 5) is 4.60. The zero-order valence-corrected chi connectivity index (χ0v) is 13.7. The van der Waals surface area contributed by atoms with Crippen LogP contribution in [0.25, 0.3) is 10.2 Å². The van der Waals surface area contributed by atoms with Crippen LogP contribution in [0, 0.1) is 6.92 Å². The molecule has 3 aromatic rings. The van der Waals surface area contributed by atoms with Gasteiger partial charge in [-0.2, -0.15) is 5.10 Å². The van der Waals surface area contributed by atoms with E-state index >= 15 is 0 Å². The molecule has 0 radical (unpaired) electrons. The SMILES string of the molecule is Cc1cc(OCc2nc3ccccc3s2)ccc1C1=NNCC1. The van der Waals surface area contributed by atoms with Crippen LogP contribution in [0.5, 0.6) is 5.75 Å². The number of hydrazone groups is 1. The highest BCUT2D eigenvalue weighted by molar-refractivity contribution is 7.18. The van der Waals surface area contributed by atoms with Crippen molar-refractivity contribution in [1.82, 2.24) is 10.4 Å². The van der Waals surface area contributed by atoms with Crippen molar-refractivity contribution in [3.8, 4) is 5.75 Å². The summed E-state index contributed by atoms with van der Waals surface area (Å²) in [5.74, 6) is 0.872. The summed E-state index contributed by atoms with van der Waals surface area (Å²) < 4.78 is 7.11. The summed E-state index contributed by atoms with van der Waals surface area (Å²) in [5.41, 5.74) is 7.57. The fourth-order valence-electron chi connectivity index (χ4n) is 2.75. The maximum atomic E-state index is 5.91. The van der Waals surface area contributed by atoms with Gasteiger partial charge >= 0.3 is 0 Å². The number of aryl methyl sites for hydroxylation is 1. The highest BCUT2D eigenvalue weighted by Crippen LogP contribution is 2.24. The maximum Gasteiger partial charge on any atom is 0.140 e. The summed E-state index contributed by atoms with van der Waals surface area (Å²) in [6, 6.07) is 14.3. The molecule has 4 rings (SSSR count). The van der Waals surface area contributed by atoms with E-state index in [1.807, 2.05) is 24.3 Å². The van der Waals surface area contributed by atoms with Gasteiger partial charge in [0.2, 0.25) is 0 Å². The molecule has 116 valence electrons. The van der Waals surface area contributed by atoms with E-state index in [4.69, 9.17) is 4.74 Å². The molecule has 0 spiro atoms. The van der Waals surface area contributed by atoms with Crippen molar-refractivity contribution in [3.63, 3.8) is 0 Å². The van der Waals surface area contributed by atoms with Crippen molar-refractivity contribution >= 4 is 27.3 Å². The third kappa shape index (κ3) is 2.92. The van der Waals surface area contributed by atoms with Crippen molar-refractivity contribution in [1.29, 1.82) is 0 Å². The van der Waals surface area contributed by atoms with Crippen LogP contribution in [-0.4, -0.2) is 17.2 Å². The van der Waals surface area contributed by atoms with Crippen molar-refractivity contribution in [2.75, 3.05) is 6.54 Å². The molecule has 1 aliphatic rings. The standard InChI is InChI=1S/C18H17N3OS/c1-12-10-13(6-7-14(12)15-8-9-19-21-15)22-11-18-20-16-4-2-3-5-17(16)23-18/h2-7,10,19H,8-9,11H2,1H3. The second-order valence-electron chi connectivity index (χ2n) is 5.56. The Bertz CT molecular complexity index is 852. The number of rotatable bonds is 4. The second-order valence-corrected chi connectivity index (χ2v) is 6.67. The highest BCUT2D eigenvalue weighted by Gasteiger charge is 2.12. The predicted molar refractivity (Wildman–Crippen MR) is 94.3 cm³/mol. The lowest BCUT2D eigenvalue weighted by molar-refractivity contribution is 0.305. The molecule has 0 aliphatic carbocycles. The lowest BCUT2D eigenvalue weighted by Crippen LogP contribution is -2.01. The van der Waals surface area contributed by atoms with E-state index in [1.54, 1.807) is 11.3 Å². The van der Waals surface area contributed by atoms with Gasteiger partial charge in [0, 0.05) is 18.5 Å². The number of ether oxygens (including phenoxy) is 1. The number of thiazole rings is 1. The Labute approximate surface area is 138 Å². The molecule has 0 atom stereocenters. The van der Waals surface area contributed by atoms with Crippen molar-refractivity contribution in [2.45, 2.75) is 20.0 Å². The third-order valence-corrected chi connectivity index (χ3v) is 4.91. The molecule has 0 bridgehead atoms. The number of nitrogens with zero attached hydrogens (tertiary/aromatic N) is 2. The van der Waals surface area contributed by atoms with Gasteiger partial charge in [-0.05, 0) is 42.8 Å². The first kappa shape index (κ1) is 14.2. The van der Waals surface area contributed by atoms with E-state index < -0.39 is 0 Å². The minimum absolute atomic E-state index is 0.501. The predicted octanol–water partition coefficient (Wildman–Crippen LogP) is 3.88. The Morgan fingerprint density at radius 3 is 2.91 bits per heavy atom. The molecular weight excluding hydrogens is 306 g/mol. The number of fused-ring (bicyclic) bond motifs is 1. The summed E-state index contributed by atoms with van der Waals surface area (Å²) in [6.45, 7) is 3.52. The van der Waals surface area contributed by atoms with Gasteiger partial charge in [-0.15, -0.1) is 11.3 Å². The number of para-hydroxylation sites is 1. The molecule has 0 saturated heterocycles. The maximum absolute atomic E-state index is 5.91. The molecule has 1 aromatic heterocycles. The summed E-state index contributed by atoms with van der Waals surface area (Å²) in [5, 5.41) is 5.33. The first-order chi connectivity index (χ1) is 11.3. The Hall–Kier alpha value is -2.40. The molecule has 0 amide bonds. The van der Waals surface area contributed by atoms with Crippen molar-refractivity contribution < 1.29 is 4.74 Å². The highest BCUT2D eigenvalue weighted by atomic mass is 32.1. The van der Waals surface area contributed by atoms with Gasteiger partial charge in [0.1, 0.15) is 17.4 Å². The number of benzene rings is 2. The molecule has 2 heterocycles.